The first-order valence-corrected chi connectivity index (χ1v) is 8.23. The van der Waals surface area contributed by atoms with Crippen molar-refractivity contribution in [2.75, 3.05) is 14.2 Å². The van der Waals surface area contributed by atoms with Gasteiger partial charge in [0.1, 0.15) is 11.5 Å². The van der Waals surface area contributed by atoms with Crippen LogP contribution in [0.4, 0.5) is 0 Å². The van der Waals surface area contributed by atoms with Gasteiger partial charge in [0, 0.05) is 12.6 Å². The Balaban J connectivity index is 2.08. The maximum absolute atomic E-state index is 12.5. The number of hydrogen-bond acceptors (Lipinski definition) is 4. The molecule has 2 rings (SSSR count). The second-order valence-corrected chi connectivity index (χ2v) is 5.88. The molecule has 0 heterocycles. The van der Waals surface area contributed by atoms with Crippen LogP contribution in [0.2, 0.25) is 0 Å². The maximum atomic E-state index is 12.5. The second kappa shape index (κ2) is 9.08. The summed E-state index contributed by atoms with van der Waals surface area (Å²) in [6.07, 6.45) is 0.159. The van der Waals surface area contributed by atoms with Gasteiger partial charge >= 0.3 is 0 Å². The van der Waals surface area contributed by atoms with Gasteiger partial charge in [0.15, 0.2) is 0 Å². The second-order valence-electron chi connectivity index (χ2n) is 5.88. The zero-order valence-corrected chi connectivity index (χ0v) is 15.2. The highest BCUT2D eigenvalue weighted by Gasteiger charge is 2.14. The summed E-state index contributed by atoms with van der Waals surface area (Å²) in [5.41, 5.74) is 2.57. The van der Waals surface area contributed by atoms with Crippen molar-refractivity contribution in [1.29, 1.82) is 0 Å². The number of benzene rings is 2. The van der Waals surface area contributed by atoms with Gasteiger partial charge in [-0.15, -0.1) is 0 Å². The van der Waals surface area contributed by atoms with E-state index in [1.165, 1.54) is 7.11 Å². The topological polar surface area (TPSA) is 56.8 Å². The summed E-state index contributed by atoms with van der Waals surface area (Å²) in [6, 6.07) is 13.1. The normalized spacial score (nSPS) is 10.6. The zero-order chi connectivity index (χ0) is 18.2. The smallest absolute Gasteiger partial charge is 0.255 e. The van der Waals surface area contributed by atoms with E-state index in [0.717, 1.165) is 11.1 Å². The van der Waals surface area contributed by atoms with E-state index in [2.05, 4.69) is 5.32 Å². The van der Waals surface area contributed by atoms with Gasteiger partial charge in [-0.25, -0.2) is 0 Å². The number of rotatable bonds is 8. The molecule has 0 unspecified atom stereocenters. The van der Waals surface area contributed by atoms with Gasteiger partial charge in [0.05, 0.1) is 32.5 Å². The van der Waals surface area contributed by atoms with E-state index in [4.69, 9.17) is 14.2 Å². The van der Waals surface area contributed by atoms with Crippen LogP contribution in [0.25, 0.3) is 0 Å². The van der Waals surface area contributed by atoms with E-state index in [0.29, 0.717) is 30.2 Å². The van der Waals surface area contributed by atoms with Crippen LogP contribution in [0.3, 0.4) is 0 Å². The molecule has 0 spiro atoms. The minimum atomic E-state index is -0.195. The maximum Gasteiger partial charge on any atom is 0.255 e. The average molecular weight is 343 g/mol. The molecule has 0 aromatic heterocycles. The fourth-order valence-corrected chi connectivity index (χ4v) is 2.38. The molecule has 1 amide bonds. The molecule has 134 valence electrons. The molecule has 0 radical (unpaired) electrons. The van der Waals surface area contributed by atoms with Crippen LogP contribution in [0.1, 0.15) is 35.3 Å². The number of carbonyl (C=O) groups is 1. The first-order valence-electron chi connectivity index (χ1n) is 8.23. The lowest BCUT2D eigenvalue weighted by Crippen LogP contribution is -2.24. The first kappa shape index (κ1) is 18.8. The highest BCUT2D eigenvalue weighted by molar-refractivity contribution is 5.97. The molecule has 2 aromatic rings. The standard InChI is InChI=1S/C20H25NO4/c1-14(2)25-13-16-8-6-5-7-15(16)12-21-20(22)18-10-9-17(23-3)11-19(18)24-4/h5-11,14H,12-13H2,1-4H3,(H,21,22). The molecule has 0 saturated heterocycles. The van der Waals surface area contributed by atoms with Crippen LogP contribution in [0.15, 0.2) is 42.5 Å². The first-order chi connectivity index (χ1) is 12.0. The Kier molecular flexibility index (Phi) is 6.83. The third-order valence-electron chi connectivity index (χ3n) is 3.78. The Bertz CT molecular complexity index is 713. The van der Waals surface area contributed by atoms with Gasteiger partial charge in [0.25, 0.3) is 5.91 Å². The quantitative estimate of drug-likeness (QED) is 0.796. The highest BCUT2D eigenvalue weighted by Crippen LogP contribution is 2.24. The molecule has 0 aliphatic carbocycles. The Hall–Kier alpha value is -2.53. The third kappa shape index (κ3) is 5.22. The molecule has 0 aliphatic heterocycles. The van der Waals surface area contributed by atoms with E-state index in [9.17, 15) is 4.79 Å². The van der Waals surface area contributed by atoms with Gasteiger partial charge in [-0.3, -0.25) is 4.79 Å². The van der Waals surface area contributed by atoms with Gasteiger partial charge in [-0.1, -0.05) is 24.3 Å². The van der Waals surface area contributed by atoms with Crippen LogP contribution in [0, 0.1) is 0 Å². The van der Waals surface area contributed by atoms with Gasteiger partial charge in [-0.05, 0) is 37.1 Å². The lowest BCUT2D eigenvalue weighted by molar-refractivity contribution is 0.0651. The van der Waals surface area contributed by atoms with Crippen molar-refractivity contribution in [1.82, 2.24) is 5.32 Å². The summed E-state index contributed by atoms with van der Waals surface area (Å²) < 4.78 is 16.1. The van der Waals surface area contributed by atoms with Gasteiger partial charge in [-0.2, -0.15) is 0 Å². The monoisotopic (exact) mass is 343 g/mol. The van der Waals surface area contributed by atoms with Crippen LogP contribution in [0.5, 0.6) is 11.5 Å². The molecule has 0 fully saturated rings. The molecule has 0 saturated carbocycles. The molecule has 0 atom stereocenters. The summed E-state index contributed by atoms with van der Waals surface area (Å²) in [6.45, 7) is 4.95. The minimum Gasteiger partial charge on any atom is -0.497 e. The molecule has 5 heteroatoms. The number of ether oxygens (including phenoxy) is 3. The van der Waals surface area contributed by atoms with Crippen molar-refractivity contribution in [3.63, 3.8) is 0 Å². The Morgan fingerprint density at radius 2 is 1.76 bits per heavy atom. The number of methoxy groups -OCH3 is 2. The largest absolute Gasteiger partial charge is 0.497 e. The molecule has 2 aromatic carbocycles. The molecule has 0 bridgehead atoms. The zero-order valence-electron chi connectivity index (χ0n) is 15.2. The molecule has 25 heavy (non-hydrogen) atoms. The van der Waals surface area contributed by atoms with Crippen molar-refractivity contribution in [2.24, 2.45) is 0 Å². The summed E-state index contributed by atoms with van der Waals surface area (Å²) in [7, 11) is 3.11. The summed E-state index contributed by atoms with van der Waals surface area (Å²) in [5.74, 6) is 0.928. The molecular formula is C20H25NO4. The van der Waals surface area contributed by atoms with Crippen LogP contribution >= 0.6 is 0 Å². The van der Waals surface area contributed by atoms with Crippen LogP contribution < -0.4 is 14.8 Å². The van der Waals surface area contributed by atoms with Crippen molar-refractivity contribution in [2.45, 2.75) is 33.1 Å². The summed E-state index contributed by atoms with van der Waals surface area (Å²) in [4.78, 5) is 12.5. The third-order valence-corrected chi connectivity index (χ3v) is 3.78. The Morgan fingerprint density at radius 3 is 2.40 bits per heavy atom. The lowest BCUT2D eigenvalue weighted by Gasteiger charge is -2.14. The minimum absolute atomic E-state index is 0.159. The van der Waals surface area contributed by atoms with Gasteiger partial charge < -0.3 is 19.5 Å². The van der Waals surface area contributed by atoms with Crippen LogP contribution in [-0.4, -0.2) is 26.2 Å². The highest BCUT2D eigenvalue weighted by atomic mass is 16.5. The fourth-order valence-electron chi connectivity index (χ4n) is 2.38. The Morgan fingerprint density at radius 1 is 1.04 bits per heavy atom. The fraction of sp³-hybridized carbons (Fsp3) is 0.350. The Labute approximate surface area is 148 Å². The molecular weight excluding hydrogens is 318 g/mol. The molecule has 0 aliphatic rings. The average Bonchev–Trinajstić information content (AvgIpc) is 2.64. The van der Waals surface area contributed by atoms with E-state index in [1.54, 1.807) is 25.3 Å². The van der Waals surface area contributed by atoms with E-state index >= 15 is 0 Å². The van der Waals surface area contributed by atoms with Crippen LogP contribution in [-0.2, 0) is 17.9 Å². The van der Waals surface area contributed by atoms with E-state index in [1.807, 2.05) is 38.1 Å². The predicted octanol–water partition coefficient (Wildman–Crippen LogP) is 3.56. The van der Waals surface area contributed by atoms with Gasteiger partial charge in [0.2, 0.25) is 0 Å². The van der Waals surface area contributed by atoms with Crippen molar-refractivity contribution >= 4 is 5.91 Å². The van der Waals surface area contributed by atoms with Crippen molar-refractivity contribution in [3.8, 4) is 11.5 Å². The number of amides is 1. The van der Waals surface area contributed by atoms with Crippen molar-refractivity contribution < 1.29 is 19.0 Å². The van der Waals surface area contributed by atoms with Crippen molar-refractivity contribution in [3.05, 3.63) is 59.2 Å². The van der Waals surface area contributed by atoms with E-state index in [-0.39, 0.29) is 12.0 Å². The SMILES string of the molecule is COc1ccc(C(=O)NCc2ccccc2COC(C)C)c(OC)c1. The number of carbonyl (C=O) groups excluding carboxylic acids is 1. The summed E-state index contributed by atoms with van der Waals surface area (Å²) in [5, 5.41) is 2.94. The lowest BCUT2D eigenvalue weighted by atomic mass is 10.1. The molecule has 1 N–H and O–H groups in total. The number of hydrogen-bond donors (Lipinski definition) is 1. The predicted molar refractivity (Wildman–Crippen MR) is 97.1 cm³/mol. The number of nitrogens with one attached hydrogen (secondary N) is 1. The molecule has 5 nitrogen and oxygen atoms in total. The summed E-state index contributed by atoms with van der Waals surface area (Å²) >= 11 is 0. The van der Waals surface area contributed by atoms with E-state index < -0.39 is 0 Å².